The molecular formula is C19H14N4OS. The van der Waals surface area contributed by atoms with E-state index >= 15 is 0 Å². The summed E-state index contributed by atoms with van der Waals surface area (Å²) in [6, 6.07) is 4.01. The Balaban J connectivity index is 1.53. The monoisotopic (exact) mass is 346 g/mol. The van der Waals surface area contributed by atoms with Gasteiger partial charge in [0.1, 0.15) is 10.7 Å². The van der Waals surface area contributed by atoms with Crippen LogP contribution in [0.25, 0.3) is 22.5 Å². The summed E-state index contributed by atoms with van der Waals surface area (Å²) in [7, 11) is 0. The quantitative estimate of drug-likeness (QED) is 0.788. The highest BCUT2D eigenvalue weighted by molar-refractivity contribution is 7.09. The number of pyridine rings is 1. The zero-order chi connectivity index (χ0) is 16.8. The van der Waals surface area contributed by atoms with E-state index in [4.69, 9.17) is 4.98 Å². The number of thiazole rings is 1. The smallest absolute Gasteiger partial charge is 0.137 e. The van der Waals surface area contributed by atoms with Gasteiger partial charge in [-0.25, -0.2) is 9.97 Å². The van der Waals surface area contributed by atoms with Gasteiger partial charge in [0.25, 0.3) is 0 Å². The molecule has 0 saturated heterocycles. The van der Waals surface area contributed by atoms with E-state index < -0.39 is 0 Å². The molecule has 0 bridgehead atoms. The van der Waals surface area contributed by atoms with Crippen molar-refractivity contribution in [3.8, 4) is 11.3 Å². The highest BCUT2D eigenvalue weighted by Gasteiger charge is 2.16. The van der Waals surface area contributed by atoms with Crippen molar-refractivity contribution < 1.29 is 5.11 Å². The summed E-state index contributed by atoms with van der Waals surface area (Å²) in [4.78, 5) is 13.5. The lowest BCUT2D eigenvalue weighted by Crippen LogP contribution is -2.01. The Labute approximate surface area is 148 Å². The van der Waals surface area contributed by atoms with E-state index in [9.17, 15) is 5.11 Å². The van der Waals surface area contributed by atoms with Crippen molar-refractivity contribution in [1.29, 1.82) is 0 Å². The van der Waals surface area contributed by atoms with Gasteiger partial charge in [0.2, 0.25) is 0 Å². The second-order valence-corrected chi connectivity index (χ2v) is 6.89. The molecule has 5 nitrogen and oxygen atoms in total. The number of allylic oxidation sites excluding steroid dienone is 5. The Morgan fingerprint density at radius 2 is 2.08 bits per heavy atom. The molecular weight excluding hydrogens is 332 g/mol. The molecule has 0 atom stereocenters. The zero-order valence-corrected chi connectivity index (χ0v) is 14.1. The lowest BCUT2D eigenvalue weighted by atomic mass is 9.97. The number of rotatable bonds is 3. The minimum absolute atomic E-state index is 0.0231. The number of hydrogen-bond donors (Lipinski definition) is 1. The molecule has 0 amide bonds. The van der Waals surface area contributed by atoms with Gasteiger partial charge in [-0.1, -0.05) is 6.08 Å². The summed E-state index contributed by atoms with van der Waals surface area (Å²) >= 11 is 1.47. The van der Waals surface area contributed by atoms with Crippen molar-refractivity contribution in [2.75, 3.05) is 0 Å². The van der Waals surface area contributed by atoms with Crippen LogP contribution in [0.4, 0.5) is 0 Å². The topological polar surface area (TPSA) is 62.8 Å². The predicted octanol–water partition coefficient (Wildman–Crippen LogP) is 3.63. The molecule has 0 saturated carbocycles. The second kappa shape index (κ2) is 5.61. The summed E-state index contributed by atoms with van der Waals surface area (Å²) < 4.78 is 2.02. The fourth-order valence-corrected chi connectivity index (χ4v) is 3.75. The number of hydrogen-bond acceptors (Lipinski definition) is 5. The molecule has 25 heavy (non-hydrogen) atoms. The van der Waals surface area contributed by atoms with Crippen LogP contribution in [0.2, 0.25) is 0 Å². The van der Waals surface area contributed by atoms with Gasteiger partial charge in [-0.2, -0.15) is 0 Å². The lowest BCUT2D eigenvalue weighted by molar-refractivity contribution is 0.281. The van der Waals surface area contributed by atoms with Crippen molar-refractivity contribution >= 4 is 28.3 Å². The number of fused-ring (bicyclic) bond motifs is 2. The van der Waals surface area contributed by atoms with Crippen LogP contribution in [0.15, 0.2) is 64.9 Å². The van der Waals surface area contributed by atoms with Crippen molar-refractivity contribution in [1.82, 2.24) is 14.4 Å². The van der Waals surface area contributed by atoms with Gasteiger partial charge in [-0.3, -0.25) is 4.99 Å². The van der Waals surface area contributed by atoms with Gasteiger partial charge >= 0.3 is 0 Å². The summed E-state index contributed by atoms with van der Waals surface area (Å²) in [5.41, 5.74) is 7.17. The first-order chi connectivity index (χ1) is 12.3. The number of aliphatic hydroxyl groups is 1. The minimum atomic E-state index is -0.0231. The molecule has 4 heterocycles. The molecule has 1 aliphatic carbocycles. The Kier molecular flexibility index (Phi) is 3.26. The first kappa shape index (κ1) is 14.5. The molecule has 2 aliphatic rings. The number of imidazole rings is 1. The Bertz CT molecular complexity index is 1110. The maximum Gasteiger partial charge on any atom is 0.137 e. The third kappa shape index (κ3) is 2.47. The average Bonchev–Trinajstić information content (AvgIpc) is 3.37. The minimum Gasteiger partial charge on any atom is -0.389 e. The molecule has 0 fully saturated rings. The third-order valence-electron chi connectivity index (χ3n) is 4.37. The van der Waals surface area contributed by atoms with Gasteiger partial charge < -0.3 is 9.51 Å². The van der Waals surface area contributed by atoms with E-state index in [1.54, 1.807) is 0 Å². The molecule has 6 heteroatoms. The first-order valence-corrected chi connectivity index (χ1v) is 8.88. The van der Waals surface area contributed by atoms with Gasteiger partial charge in [-0.05, 0) is 35.4 Å². The highest BCUT2D eigenvalue weighted by Crippen LogP contribution is 2.28. The van der Waals surface area contributed by atoms with Crippen LogP contribution in [0, 0.1) is 0 Å². The van der Waals surface area contributed by atoms with Crippen LogP contribution in [-0.2, 0) is 6.61 Å². The maximum atomic E-state index is 9.19. The van der Waals surface area contributed by atoms with E-state index in [1.807, 2.05) is 46.6 Å². The largest absolute Gasteiger partial charge is 0.389 e. The average molecular weight is 346 g/mol. The van der Waals surface area contributed by atoms with Gasteiger partial charge in [0.05, 0.1) is 23.7 Å². The van der Waals surface area contributed by atoms with Crippen molar-refractivity contribution in [3.63, 3.8) is 0 Å². The van der Waals surface area contributed by atoms with Crippen LogP contribution in [0.5, 0.6) is 0 Å². The molecule has 0 unspecified atom stereocenters. The molecule has 0 aromatic carbocycles. The molecule has 3 aromatic heterocycles. The summed E-state index contributed by atoms with van der Waals surface area (Å²) in [5, 5.41) is 11.9. The maximum absolute atomic E-state index is 9.19. The normalized spacial score (nSPS) is 16.0. The Hall–Kier alpha value is -2.83. The molecule has 3 aromatic rings. The van der Waals surface area contributed by atoms with Crippen LogP contribution >= 0.6 is 11.3 Å². The van der Waals surface area contributed by atoms with Gasteiger partial charge in [0.15, 0.2) is 0 Å². The third-order valence-corrected chi connectivity index (χ3v) is 5.21. The van der Waals surface area contributed by atoms with Crippen molar-refractivity contribution in [2.24, 2.45) is 4.99 Å². The summed E-state index contributed by atoms with van der Waals surface area (Å²) in [5.74, 6) is 0. The molecule has 0 radical (unpaired) electrons. The lowest BCUT2D eigenvalue weighted by Gasteiger charge is -2.08. The molecule has 1 N–H and O–H groups in total. The van der Waals surface area contributed by atoms with E-state index in [0.717, 1.165) is 45.3 Å². The number of aliphatic hydroxyl groups excluding tert-OH is 1. The Morgan fingerprint density at radius 1 is 1.12 bits per heavy atom. The molecule has 5 rings (SSSR count). The zero-order valence-electron chi connectivity index (χ0n) is 13.3. The van der Waals surface area contributed by atoms with E-state index in [2.05, 4.69) is 22.1 Å². The standard InChI is InChI=1S/C19H14N4OS/c24-10-19-22-17(11-25-19)14-2-4-18-21-16(9-23(18)8-14)12-1-3-15-13(7-12)5-6-20-15/h1-2,4-9,11,24H,3,10H2. The van der Waals surface area contributed by atoms with E-state index in [-0.39, 0.29) is 6.61 Å². The summed E-state index contributed by atoms with van der Waals surface area (Å²) in [6.07, 6.45) is 13.1. The highest BCUT2D eigenvalue weighted by atomic mass is 32.1. The van der Waals surface area contributed by atoms with E-state index in [0.29, 0.717) is 0 Å². The molecule has 122 valence electrons. The fraction of sp³-hybridized carbons (Fsp3) is 0.105. The number of aliphatic imine (C=N–C) groups is 1. The van der Waals surface area contributed by atoms with Crippen molar-refractivity contribution in [2.45, 2.75) is 13.0 Å². The van der Waals surface area contributed by atoms with Gasteiger partial charge in [-0.15, -0.1) is 11.3 Å². The van der Waals surface area contributed by atoms with Crippen LogP contribution < -0.4 is 0 Å². The summed E-state index contributed by atoms with van der Waals surface area (Å²) in [6.45, 7) is -0.0231. The van der Waals surface area contributed by atoms with Crippen molar-refractivity contribution in [3.05, 3.63) is 70.6 Å². The van der Waals surface area contributed by atoms with Crippen LogP contribution in [0.1, 0.15) is 17.1 Å². The Morgan fingerprint density at radius 3 is 2.96 bits per heavy atom. The predicted molar refractivity (Wildman–Crippen MR) is 99.5 cm³/mol. The number of aromatic nitrogens is 3. The second-order valence-electron chi connectivity index (χ2n) is 5.95. The molecule has 0 spiro atoms. The SMILES string of the molecule is OCc1nc(-c2ccc3nc(C4=CCC5=NC=CC5=C4)cn3c2)cs1. The van der Waals surface area contributed by atoms with Crippen LogP contribution in [0.3, 0.4) is 0 Å². The molecule has 1 aliphatic heterocycles. The fourth-order valence-electron chi connectivity index (χ4n) is 3.09. The van der Waals surface area contributed by atoms with E-state index in [1.165, 1.54) is 16.9 Å². The van der Waals surface area contributed by atoms with Crippen LogP contribution in [-0.4, -0.2) is 25.2 Å². The first-order valence-electron chi connectivity index (χ1n) is 8.00. The number of nitrogens with zero attached hydrogens (tertiary/aromatic N) is 4. The van der Waals surface area contributed by atoms with Gasteiger partial charge in [0, 0.05) is 36.0 Å².